The summed E-state index contributed by atoms with van der Waals surface area (Å²) in [6.07, 6.45) is 0. The molecule has 1 aromatic carbocycles. The maximum absolute atomic E-state index is 13.1. The van der Waals surface area contributed by atoms with Crippen LogP contribution in [0.3, 0.4) is 0 Å². The first-order valence-electron chi connectivity index (χ1n) is 3.84. The molecule has 0 radical (unpaired) electrons. The number of hydrogen-bond donors (Lipinski definition) is 1. The summed E-state index contributed by atoms with van der Waals surface area (Å²) in [6.45, 7) is 0. The molecule has 0 aliphatic carbocycles. The summed E-state index contributed by atoms with van der Waals surface area (Å²) in [6, 6.07) is 4.25. The Morgan fingerprint density at radius 3 is 2.77 bits per heavy atom. The van der Waals surface area contributed by atoms with Crippen LogP contribution in [0.5, 0.6) is 5.75 Å². The van der Waals surface area contributed by atoms with Crippen molar-refractivity contribution in [3.8, 4) is 5.75 Å². The van der Waals surface area contributed by atoms with E-state index in [4.69, 9.17) is 22.1 Å². The summed E-state index contributed by atoms with van der Waals surface area (Å²) >= 11 is 5.53. The summed E-state index contributed by atoms with van der Waals surface area (Å²) in [4.78, 5) is 0. The average molecular weight is 204 g/mol. The number of halogens is 2. The minimum absolute atomic E-state index is 0.213. The third kappa shape index (κ3) is 2.32. The zero-order valence-electron chi connectivity index (χ0n) is 7.26. The van der Waals surface area contributed by atoms with Crippen LogP contribution in [0, 0.1) is 5.82 Å². The Morgan fingerprint density at radius 1 is 1.62 bits per heavy atom. The first-order chi connectivity index (χ1) is 6.19. The summed E-state index contributed by atoms with van der Waals surface area (Å²) in [5.74, 6) is 0.0669. The van der Waals surface area contributed by atoms with Crippen LogP contribution in [-0.4, -0.2) is 13.0 Å². The maximum Gasteiger partial charge on any atom is 0.165 e. The van der Waals surface area contributed by atoms with Gasteiger partial charge in [-0.2, -0.15) is 0 Å². The van der Waals surface area contributed by atoms with Gasteiger partial charge in [0, 0.05) is 11.9 Å². The predicted molar refractivity (Wildman–Crippen MR) is 50.6 cm³/mol. The lowest BCUT2D eigenvalue weighted by atomic mass is 10.1. The normalized spacial score (nSPS) is 12.6. The first-order valence-corrected chi connectivity index (χ1v) is 4.37. The van der Waals surface area contributed by atoms with Gasteiger partial charge in [0.25, 0.3) is 0 Å². The SMILES string of the molecule is COc1ccc(C(N)CCl)cc1F. The van der Waals surface area contributed by atoms with Crippen molar-refractivity contribution < 1.29 is 9.13 Å². The minimum Gasteiger partial charge on any atom is -0.494 e. The second-order valence-corrected chi connectivity index (χ2v) is 2.96. The summed E-state index contributed by atoms with van der Waals surface area (Å²) in [7, 11) is 1.42. The molecule has 0 saturated heterocycles. The highest BCUT2D eigenvalue weighted by molar-refractivity contribution is 6.18. The van der Waals surface area contributed by atoms with Crippen LogP contribution in [0.2, 0.25) is 0 Å². The third-order valence-corrected chi connectivity index (χ3v) is 2.10. The fourth-order valence-corrected chi connectivity index (χ4v) is 1.18. The van der Waals surface area contributed by atoms with Crippen LogP contribution in [0.4, 0.5) is 4.39 Å². The van der Waals surface area contributed by atoms with Crippen molar-refractivity contribution in [3.63, 3.8) is 0 Å². The van der Waals surface area contributed by atoms with Crippen molar-refractivity contribution in [2.45, 2.75) is 6.04 Å². The highest BCUT2D eigenvalue weighted by Crippen LogP contribution is 2.21. The van der Waals surface area contributed by atoms with Crippen LogP contribution in [0.25, 0.3) is 0 Å². The lowest BCUT2D eigenvalue weighted by Gasteiger charge is -2.09. The van der Waals surface area contributed by atoms with Crippen molar-refractivity contribution in [3.05, 3.63) is 29.6 Å². The standard InChI is InChI=1S/C9H11ClFNO/c1-13-9-3-2-6(4-7(9)11)8(12)5-10/h2-4,8H,5,12H2,1H3. The molecule has 0 spiro atoms. The Hall–Kier alpha value is -0.800. The second-order valence-electron chi connectivity index (χ2n) is 2.65. The summed E-state index contributed by atoms with van der Waals surface area (Å²) in [5.41, 5.74) is 6.29. The molecule has 0 fully saturated rings. The number of methoxy groups -OCH3 is 1. The van der Waals surface area contributed by atoms with E-state index in [2.05, 4.69) is 0 Å². The molecular formula is C9H11ClFNO. The van der Waals surface area contributed by atoms with Gasteiger partial charge in [-0.05, 0) is 17.7 Å². The third-order valence-electron chi connectivity index (χ3n) is 1.77. The molecule has 1 aromatic rings. The molecule has 0 bridgehead atoms. The number of ether oxygens (including phenoxy) is 1. The van der Waals surface area contributed by atoms with Gasteiger partial charge in [-0.25, -0.2) is 4.39 Å². The molecule has 72 valence electrons. The molecule has 1 rings (SSSR count). The number of rotatable bonds is 3. The summed E-state index contributed by atoms with van der Waals surface area (Å²) < 4.78 is 17.9. The molecule has 0 amide bonds. The van der Waals surface area contributed by atoms with Gasteiger partial charge in [-0.15, -0.1) is 11.6 Å². The number of alkyl halides is 1. The Balaban J connectivity index is 2.95. The van der Waals surface area contributed by atoms with Crippen molar-refractivity contribution in [1.82, 2.24) is 0 Å². The predicted octanol–water partition coefficient (Wildman–Crippen LogP) is 2.07. The van der Waals surface area contributed by atoms with Gasteiger partial charge < -0.3 is 10.5 Å². The number of nitrogens with two attached hydrogens (primary N) is 1. The zero-order chi connectivity index (χ0) is 9.84. The molecule has 0 saturated carbocycles. The molecule has 1 unspecified atom stereocenters. The fraction of sp³-hybridized carbons (Fsp3) is 0.333. The molecule has 0 aliphatic rings. The van der Waals surface area contributed by atoms with Gasteiger partial charge in [0.15, 0.2) is 11.6 Å². The van der Waals surface area contributed by atoms with Crippen LogP contribution < -0.4 is 10.5 Å². The van der Waals surface area contributed by atoms with Crippen molar-refractivity contribution in [2.24, 2.45) is 5.73 Å². The van der Waals surface area contributed by atoms with E-state index in [0.29, 0.717) is 5.56 Å². The van der Waals surface area contributed by atoms with Gasteiger partial charge in [0.05, 0.1) is 7.11 Å². The van der Waals surface area contributed by atoms with Crippen LogP contribution in [0.15, 0.2) is 18.2 Å². The minimum atomic E-state index is -0.416. The van der Waals surface area contributed by atoms with E-state index < -0.39 is 5.82 Å². The van der Waals surface area contributed by atoms with Crippen LogP contribution >= 0.6 is 11.6 Å². The van der Waals surface area contributed by atoms with E-state index in [-0.39, 0.29) is 17.7 Å². The highest BCUT2D eigenvalue weighted by Gasteiger charge is 2.08. The monoisotopic (exact) mass is 203 g/mol. The summed E-state index contributed by atoms with van der Waals surface area (Å²) in [5, 5.41) is 0. The molecule has 0 heterocycles. The van der Waals surface area contributed by atoms with Gasteiger partial charge in [-0.1, -0.05) is 6.07 Å². The van der Waals surface area contributed by atoms with Crippen LogP contribution in [0.1, 0.15) is 11.6 Å². The maximum atomic E-state index is 13.1. The first kappa shape index (κ1) is 10.3. The molecule has 2 N–H and O–H groups in total. The zero-order valence-corrected chi connectivity index (χ0v) is 8.01. The van der Waals surface area contributed by atoms with Gasteiger partial charge in [-0.3, -0.25) is 0 Å². The van der Waals surface area contributed by atoms with E-state index in [1.54, 1.807) is 6.07 Å². The Bertz CT molecular complexity index is 293. The quantitative estimate of drug-likeness (QED) is 0.764. The molecule has 4 heteroatoms. The fourth-order valence-electron chi connectivity index (χ4n) is 1.00. The van der Waals surface area contributed by atoms with E-state index >= 15 is 0 Å². The molecule has 0 aromatic heterocycles. The number of benzene rings is 1. The lowest BCUT2D eigenvalue weighted by Crippen LogP contribution is -2.11. The Kier molecular flexibility index (Phi) is 3.51. The van der Waals surface area contributed by atoms with Gasteiger partial charge >= 0.3 is 0 Å². The second kappa shape index (κ2) is 4.44. The molecule has 2 nitrogen and oxygen atoms in total. The van der Waals surface area contributed by atoms with Crippen molar-refractivity contribution >= 4 is 11.6 Å². The van der Waals surface area contributed by atoms with E-state index in [9.17, 15) is 4.39 Å². The van der Waals surface area contributed by atoms with Gasteiger partial charge in [0.2, 0.25) is 0 Å². The largest absolute Gasteiger partial charge is 0.494 e. The molecule has 1 atom stereocenters. The average Bonchev–Trinajstić information content (AvgIpc) is 2.16. The highest BCUT2D eigenvalue weighted by atomic mass is 35.5. The van der Waals surface area contributed by atoms with E-state index in [0.717, 1.165) is 0 Å². The Morgan fingerprint density at radius 2 is 2.31 bits per heavy atom. The Labute approximate surface area is 81.4 Å². The topological polar surface area (TPSA) is 35.2 Å². The lowest BCUT2D eigenvalue weighted by molar-refractivity contribution is 0.386. The van der Waals surface area contributed by atoms with Gasteiger partial charge in [0.1, 0.15) is 0 Å². The number of hydrogen-bond acceptors (Lipinski definition) is 2. The van der Waals surface area contributed by atoms with E-state index in [1.165, 1.54) is 19.2 Å². The molecular weight excluding hydrogens is 193 g/mol. The van der Waals surface area contributed by atoms with E-state index in [1.807, 2.05) is 0 Å². The van der Waals surface area contributed by atoms with Crippen molar-refractivity contribution in [2.75, 3.05) is 13.0 Å². The van der Waals surface area contributed by atoms with Crippen LogP contribution in [-0.2, 0) is 0 Å². The molecule has 13 heavy (non-hydrogen) atoms. The molecule has 0 aliphatic heterocycles. The van der Waals surface area contributed by atoms with Crippen molar-refractivity contribution in [1.29, 1.82) is 0 Å². The smallest absolute Gasteiger partial charge is 0.165 e.